The summed E-state index contributed by atoms with van der Waals surface area (Å²) < 4.78 is 36.3. The minimum absolute atomic E-state index is 0.0202. The SMILES string of the molecule is CC(C)CCN(C[C@@H](O)[C@H](Cc1ccccc1)NC(=O)[C@@H](NC(=O)OCc1ccccc1)C(C)C)S(=O)(=O)NC1(C(=O)O)CCCC1. The zero-order valence-corrected chi connectivity index (χ0v) is 28.5. The van der Waals surface area contributed by atoms with Crippen molar-refractivity contribution in [3.05, 3.63) is 71.8 Å². The second-order valence-corrected chi connectivity index (χ2v) is 14.7. The Morgan fingerprint density at radius 3 is 2.02 bits per heavy atom. The second kappa shape index (κ2) is 17.6. The molecular formula is C34H50N4O8S. The molecule has 2 aromatic carbocycles. The molecule has 3 atom stereocenters. The molecule has 5 N–H and O–H groups in total. The summed E-state index contributed by atoms with van der Waals surface area (Å²) in [5.74, 6) is -2.02. The quantitative estimate of drug-likeness (QED) is 0.159. The topological polar surface area (TPSA) is 174 Å². The van der Waals surface area contributed by atoms with Gasteiger partial charge in [-0.2, -0.15) is 17.4 Å². The van der Waals surface area contributed by atoms with Gasteiger partial charge >= 0.3 is 12.1 Å². The number of carbonyl (C=O) groups excluding carboxylic acids is 2. The smallest absolute Gasteiger partial charge is 0.408 e. The number of carboxylic acids is 1. The van der Waals surface area contributed by atoms with Crippen molar-refractivity contribution < 1.29 is 37.8 Å². The molecule has 13 heteroatoms. The predicted molar refractivity (Wildman–Crippen MR) is 178 cm³/mol. The summed E-state index contributed by atoms with van der Waals surface area (Å²) in [5, 5.41) is 27.0. The maximum atomic E-state index is 13.7. The van der Waals surface area contributed by atoms with Crippen LogP contribution in [-0.4, -0.2) is 77.7 Å². The van der Waals surface area contributed by atoms with Crippen LogP contribution >= 0.6 is 0 Å². The van der Waals surface area contributed by atoms with E-state index in [1.54, 1.807) is 13.8 Å². The fourth-order valence-electron chi connectivity index (χ4n) is 5.55. The van der Waals surface area contributed by atoms with Gasteiger partial charge in [-0.25, -0.2) is 4.79 Å². The number of nitrogens with one attached hydrogen (secondary N) is 3. The van der Waals surface area contributed by atoms with Crippen molar-refractivity contribution in [2.45, 2.75) is 96.6 Å². The van der Waals surface area contributed by atoms with E-state index in [0.29, 0.717) is 19.3 Å². The Hall–Kier alpha value is -3.52. The number of alkyl carbamates (subject to hydrolysis) is 1. The van der Waals surface area contributed by atoms with Crippen LogP contribution in [0, 0.1) is 11.8 Å². The lowest BCUT2D eigenvalue weighted by atomic mass is 9.98. The Bertz CT molecular complexity index is 1400. The highest BCUT2D eigenvalue weighted by atomic mass is 32.2. The molecule has 2 aromatic rings. The average Bonchev–Trinajstić information content (AvgIpc) is 3.50. The van der Waals surface area contributed by atoms with Crippen LogP contribution in [0.25, 0.3) is 0 Å². The third-order valence-electron chi connectivity index (χ3n) is 8.40. The number of hydrogen-bond donors (Lipinski definition) is 5. The number of nitrogens with zero attached hydrogens (tertiary/aromatic N) is 1. The van der Waals surface area contributed by atoms with Crippen LogP contribution in [0.15, 0.2) is 60.7 Å². The molecule has 0 radical (unpaired) electrons. The highest BCUT2D eigenvalue weighted by Crippen LogP contribution is 2.31. The molecule has 1 saturated carbocycles. The van der Waals surface area contributed by atoms with Crippen molar-refractivity contribution in [3.63, 3.8) is 0 Å². The highest BCUT2D eigenvalue weighted by Gasteiger charge is 2.46. The molecule has 0 bridgehead atoms. The van der Waals surface area contributed by atoms with Crippen LogP contribution in [0.1, 0.15) is 70.9 Å². The molecule has 2 amide bonds. The Kier molecular flexibility index (Phi) is 14.2. The maximum Gasteiger partial charge on any atom is 0.408 e. The predicted octanol–water partition coefficient (Wildman–Crippen LogP) is 3.61. The van der Waals surface area contributed by atoms with Gasteiger partial charge in [-0.1, -0.05) is 101 Å². The Labute approximate surface area is 278 Å². The summed E-state index contributed by atoms with van der Waals surface area (Å²) in [6, 6.07) is 16.3. The zero-order chi connectivity index (χ0) is 34.6. The fourth-order valence-corrected chi connectivity index (χ4v) is 7.16. The first-order chi connectivity index (χ1) is 22.2. The molecule has 0 spiro atoms. The Morgan fingerprint density at radius 1 is 0.915 bits per heavy atom. The monoisotopic (exact) mass is 674 g/mol. The van der Waals surface area contributed by atoms with E-state index in [1.807, 2.05) is 74.5 Å². The molecule has 0 aliphatic heterocycles. The summed E-state index contributed by atoms with van der Waals surface area (Å²) in [4.78, 5) is 38.5. The van der Waals surface area contributed by atoms with Gasteiger partial charge in [0, 0.05) is 13.1 Å². The summed E-state index contributed by atoms with van der Waals surface area (Å²) in [6.45, 7) is 7.06. The third-order valence-corrected chi connectivity index (χ3v) is 10.1. The van der Waals surface area contributed by atoms with E-state index < -0.39 is 58.5 Å². The van der Waals surface area contributed by atoms with Crippen molar-refractivity contribution in [3.8, 4) is 0 Å². The molecule has 260 valence electrons. The van der Waals surface area contributed by atoms with E-state index in [-0.39, 0.29) is 44.2 Å². The fraction of sp³-hybridized carbons (Fsp3) is 0.559. The van der Waals surface area contributed by atoms with Crippen molar-refractivity contribution in [1.82, 2.24) is 19.7 Å². The van der Waals surface area contributed by atoms with Gasteiger partial charge in [-0.3, -0.25) is 9.59 Å². The van der Waals surface area contributed by atoms with Crippen LogP contribution in [0.5, 0.6) is 0 Å². The molecule has 12 nitrogen and oxygen atoms in total. The Balaban J connectivity index is 1.81. The number of ether oxygens (including phenoxy) is 1. The van der Waals surface area contributed by atoms with Crippen LogP contribution in [0.2, 0.25) is 0 Å². The standard InChI is InChI=1S/C34H50N4O8S/c1-24(2)17-20-38(47(44,45)37-34(32(41)42)18-11-12-19-34)22-29(39)28(21-26-13-7-5-8-14-26)35-31(40)30(25(3)4)36-33(43)46-23-27-15-9-6-10-16-27/h5-10,13-16,24-25,28-30,37,39H,11-12,17-23H2,1-4H3,(H,35,40)(H,36,43)(H,41,42)/t28-,29+,30-/m0/s1. The van der Waals surface area contributed by atoms with Gasteiger partial charge in [0.15, 0.2) is 0 Å². The number of aliphatic hydroxyl groups is 1. The van der Waals surface area contributed by atoms with E-state index in [2.05, 4.69) is 15.4 Å². The minimum atomic E-state index is -4.35. The number of amides is 2. The van der Waals surface area contributed by atoms with Crippen molar-refractivity contribution >= 4 is 28.2 Å². The second-order valence-electron chi connectivity index (χ2n) is 13.0. The molecule has 1 fully saturated rings. The van der Waals surface area contributed by atoms with E-state index >= 15 is 0 Å². The van der Waals surface area contributed by atoms with Gasteiger partial charge in [0.25, 0.3) is 10.2 Å². The lowest BCUT2D eigenvalue weighted by molar-refractivity contribution is -0.143. The molecule has 3 rings (SSSR count). The number of carbonyl (C=O) groups is 3. The molecule has 0 aromatic heterocycles. The van der Waals surface area contributed by atoms with Crippen LogP contribution in [-0.2, 0) is 37.6 Å². The Morgan fingerprint density at radius 2 is 1.49 bits per heavy atom. The number of rotatable bonds is 18. The first-order valence-electron chi connectivity index (χ1n) is 16.2. The first kappa shape index (κ1) is 37.9. The van der Waals surface area contributed by atoms with E-state index in [4.69, 9.17) is 4.74 Å². The highest BCUT2D eigenvalue weighted by molar-refractivity contribution is 7.87. The third kappa shape index (κ3) is 11.6. The molecule has 47 heavy (non-hydrogen) atoms. The molecule has 1 aliphatic rings. The first-order valence-corrected chi connectivity index (χ1v) is 17.7. The normalized spacial score (nSPS) is 16.5. The largest absolute Gasteiger partial charge is 0.480 e. The molecule has 0 unspecified atom stereocenters. The van der Waals surface area contributed by atoms with Gasteiger partial charge in [-0.05, 0) is 48.6 Å². The summed E-state index contributed by atoms with van der Waals surface area (Å²) in [5.41, 5.74) is -0.0328. The summed E-state index contributed by atoms with van der Waals surface area (Å²) in [7, 11) is -4.35. The number of aliphatic carboxylic acids is 1. The van der Waals surface area contributed by atoms with Gasteiger partial charge < -0.3 is 25.6 Å². The van der Waals surface area contributed by atoms with E-state index in [9.17, 15) is 33.0 Å². The van der Waals surface area contributed by atoms with Crippen molar-refractivity contribution in [2.75, 3.05) is 13.1 Å². The van der Waals surface area contributed by atoms with Crippen LogP contribution in [0.4, 0.5) is 4.79 Å². The number of carboxylic acid groups (broad SMARTS) is 1. The van der Waals surface area contributed by atoms with Gasteiger partial charge in [-0.15, -0.1) is 0 Å². The summed E-state index contributed by atoms with van der Waals surface area (Å²) in [6.07, 6.45) is -0.0171. The van der Waals surface area contributed by atoms with Crippen LogP contribution in [0.3, 0.4) is 0 Å². The van der Waals surface area contributed by atoms with Crippen molar-refractivity contribution in [1.29, 1.82) is 0 Å². The lowest BCUT2D eigenvalue weighted by Crippen LogP contribution is -2.60. The molecule has 0 saturated heterocycles. The lowest BCUT2D eigenvalue weighted by Gasteiger charge is -2.34. The maximum absolute atomic E-state index is 13.7. The van der Waals surface area contributed by atoms with Gasteiger partial charge in [0.2, 0.25) is 5.91 Å². The molecule has 0 heterocycles. The molecule has 1 aliphatic carbocycles. The zero-order valence-electron chi connectivity index (χ0n) is 27.7. The number of benzene rings is 2. The van der Waals surface area contributed by atoms with Gasteiger partial charge in [0.1, 0.15) is 18.2 Å². The van der Waals surface area contributed by atoms with E-state index in [1.165, 1.54) is 0 Å². The van der Waals surface area contributed by atoms with Crippen LogP contribution < -0.4 is 15.4 Å². The van der Waals surface area contributed by atoms with Crippen molar-refractivity contribution in [2.24, 2.45) is 11.8 Å². The minimum Gasteiger partial charge on any atom is -0.480 e. The average molecular weight is 675 g/mol. The summed E-state index contributed by atoms with van der Waals surface area (Å²) >= 11 is 0. The number of hydrogen-bond acceptors (Lipinski definition) is 7. The van der Waals surface area contributed by atoms with Gasteiger partial charge in [0.05, 0.1) is 12.1 Å². The number of aliphatic hydroxyl groups excluding tert-OH is 1. The van der Waals surface area contributed by atoms with E-state index in [0.717, 1.165) is 15.4 Å². The molecular weight excluding hydrogens is 624 g/mol.